The van der Waals surface area contributed by atoms with Crippen LogP contribution >= 0.6 is 0 Å². The molecule has 4 heteroatoms. The van der Waals surface area contributed by atoms with Gasteiger partial charge in [0.25, 0.3) is 0 Å². The average Bonchev–Trinajstić information content (AvgIpc) is 2.67. The third-order valence-electron chi connectivity index (χ3n) is 3.44. The van der Waals surface area contributed by atoms with E-state index in [-0.39, 0.29) is 6.10 Å². The van der Waals surface area contributed by atoms with Gasteiger partial charge in [-0.05, 0) is 18.9 Å². The molecule has 2 atom stereocenters. The van der Waals surface area contributed by atoms with Crippen molar-refractivity contribution in [1.29, 1.82) is 0 Å². The molecule has 0 saturated heterocycles. The zero-order valence-corrected chi connectivity index (χ0v) is 9.89. The Morgan fingerprint density at radius 1 is 1.50 bits per heavy atom. The molecule has 0 radical (unpaired) electrons. The first-order valence-corrected chi connectivity index (χ1v) is 6.15. The number of aliphatic hydroxyl groups excluding tert-OH is 1. The average molecular weight is 223 g/mol. The largest absolute Gasteiger partial charge is 0.392 e. The van der Waals surface area contributed by atoms with Crippen molar-refractivity contribution in [3.8, 4) is 0 Å². The van der Waals surface area contributed by atoms with E-state index in [0.29, 0.717) is 6.04 Å². The summed E-state index contributed by atoms with van der Waals surface area (Å²) in [5.74, 6) is 0. The van der Waals surface area contributed by atoms with Crippen molar-refractivity contribution in [3.63, 3.8) is 0 Å². The topological polar surface area (TPSA) is 50.1 Å². The van der Waals surface area contributed by atoms with E-state index >= 15 is 0 Å². The van der Waals surface area contributed by atoms with Crippen LogP contribution < -0.4 is 5.32 Å². The highest BCUT2D eigenvalue weighted by atomic mass is 16.3. The summed E-state index contributed by atoms with van der Waals surface area (Å²) in [6, 6.07) is 2.33. The Hall–Kier alpha value is -0.870. The summed E-state index contributed by atoms with van der Waals surface area (Å²) in [5, 5.41) is 17.4. The van der Waals surface area contributed by atoms with Crippen molar-refractivity contribution in [3.05, 3.63) is 18.0 Å². The molecule has 0 amide bonds. The van der Waals surface area contributed by atoms with Gasteiger partial charge < -0.3 is 10.4 Å². The fourth-order valence-electron chi connectivity index (χ4n) is 2.38. The number of nitrogens with one attached hydrogen (secondary N) is 1. The lowest BCUT2D eigenvalue weighted by Crippen LogP contribution is -2.42. The Morgan fingerprint density at radius 3 is 3.00 bits per heavy atom. The molecule has 2 rings (SSSR count). The highest BCUT2D eigenvalue weighted by molar-refractivity contribution is 5.00. The molecule has 1 saturated carbocycles. The van der Waals surface area contributed by atoms with E-state index < -0.39 is 0 Å². The summed E-state index contributed by atoms with van der Waals surface area (Å²) in [6.07, 6.45) is 7.10. The second-order valence-electron chi connectivity index (χ2n) is 4.61. The molecule has 1 aromatic heterocycles. The fraction of sp³-hybridized carbons (Fsp3) is 0.750. The van der Waals surface area contributed by atoms with Gasteiger partial charge in [-0.15, -0.1) is 0 Å². The summed E-state index contributed by atoms with van der Waals surface area (Å²) in [6.45, 7) is 0.918. The third kappa shape index (κ3) is 2.83. The Bertz CT molecular complexity index is 324. The van der Waals surface area contributed by atoms with Crippen LogP contribution in [0.2, 0.25) is 0 Å². The van der Waals surface area contributed by atoms with Crippen molar-refractivity contribution in [2.24, 2.45) is 7.05 Å². The molecule has 90 valence electrons. The maximum absolute atomic E-state index is 9.80. The molecule has 0 bridgehead atoms. The van der Waals surface area contributed by atoms with Crippen molar-refractivity contribution >= 4 is 0 Å². The van der Waals surface area contributed by atoms with Crippen molar-refractivity contribution in [2.75, 3.05) is 6.54 Å². The zero-order chi connectivity index (χ0) is 11.4. The lowest BCUT2D eigenvalue weighted by atomic mass is 9.92. The summed E-state index contributed by atoms with van der Waals surface area (Å²) in [7, 11) is 1.96. The van der Waals surface area contributed by atoms with Crippen LogP contribution in [-0.4, -0.2) is 33.6 Å². The number of rotatable bonds is 4. The minimum atomic E-state index is -0.153. The SMILES string of the molecule is Cn1nccc1CCN[C@H]1CCCC[C@@H]1O. The molecule has 1 heterocycles. The van der Waals surface area contributed by atoms with Crippen LogP contribution in [0, 0.1) is 0 Å². The van der Waals surface area contributed by atoms with Crippen molar-refractivity contribution in [1.82, 2.24) is 15.1 Å². The van der Waals surface area contributed by atoms with Gasteiger partial charge >= 0.3 is 0 Å². The molecule has 1 aliphatic rings. The number of hydrogen-bond acceptors (Lipinski definition) is 3. The molecule has 0 aromatic carbocycles. The molecule has 0 aliphatic heterocycles. The van der Waals surface area contributed by atoms with E-state index in [1.807, 2.05) is 24.0 Å². The molecular weight excluding hydrogens is 202 g/mol. The maximum Gasteiger partial charge on any atom is 0.0693 e. The Balaban J connectivity index is 1.73. The number of nitrogens with zero attached hydrogens (tertiary/aromatic N) is 2. The third-order valence-corrected chi connectivity index (χ3v) is 3.44. The Morgan fingerprint density at radius 2 is 2.31 bits per heavy atom. The first kappa shape index (κ1) is 11.6. The molecule has 0 spiro atoms. The lowest BCUT2D eigenvalue weighted by Gasteiger charge is -2.28. The van der Waals surface area contributed by atoms with Gasteiger partial charge in [0.15, 0.2) is 0 Å². The van der Waals surface area contributed by atoms with Gasteiger partial charge in [-0.25, -0.2) is 0 Å². The minimum Gasteiger partial charge on any atom is -0.392 e. The molecule has 0 unspecified atom stereocenters. The van der Waals surface area contributed by atoms with Crippen LogP contribution in [0.15, 0.2) is 12.3 Å². The first-order chi connectivity index (χ1) is 7.77. The highest BCUT2D eigenvalue weighted by Gasteiger charge is 2.21. The minimum absolute atomic E-state index is 0.153. The van der Waals surface area contributed by atoms with Gasteiger partial charge in [-0.2, -0.15) is 5.10 Å². The number of aryl methyl sites for hydroxylation is 1. The molecule has 1 aromatic rings. The van der Waals surface area contributed by atoms with Crippen LogP contribution in [-0.2, 0) is 13.5 Å². The van der Waals surface area contributed by atoms with Crippen LogP contribution in [0.25, 0.3) is 0 Å². The quantitative estimate of drug-likeness (QED) is 0.796. The molecule has 2 N–H and O–H groups in total. The zero-order valence-electron chi connectivity index (χ0n) is 9.89. The van der Waals surface area contributed by atoms with Gasteiger partial charge in [0.05, 0.1) is 6.10 Å². The second-order valence-corrected chi connectivity index (χ2v) is 4.61. The first-order valence-electron chi connectivity index (χ1n) is 6.15. The number of hydrogen-bond donors (Lipinski definition) is 2. The van der Waals surface area contributed by atoms with Gasteiger partial charge in [0, 0.05) is 37.9 Å². The van der Waals surface area contributed by atoms with Crippen LogP contribution in [0.1, 0.15) is 31.4 Å². The summed E-state index contributed by atoms with van der Waals surface area (Å²) < 4.78 is 1.90. The van der Waals surface area contributed by atoms with Gasteiger partial charge in [0.1, 0.15) is 0 Å². The van der Waals surface area contributed by atoms with Gasteiger partial charge in [-0.3, -0.25) is 4.68 Å². The number of aliphatic hydroxyl groups is 1. The van der Waals surface area contributed by atoms with Crippen LogP contribution in [0.5, 0.6) is 0 Å². The fourth-order valence-corrected chi connectivity index (χ4v) is 2.38. The summed E-state index contributed by atoms with van der Waals surface area (Å²) in [4.78, 5) is 0. The molecule has 1 aliphatic carbocycles. The van der Waals surface area contributed by atoms with Gasteiger partial charge in [0.2, 0.25) is 0 Å². The number of aromatic nitrogens is 2. The van der Waals surface area contributed by atoms with Crippen molar-refractivity contribution in [2.45, 2.75) is 44.2 Å². The van der Waals surface area contributed by atoms with E-state index in [2.05, 4.69) is 10.4 Å². The second kappa shape index (κ2) is 5.46. The highest BCUT2D eigenvalue weighted by Crippen LogP contribution is 2.18. The smallest absolute Gasteiger partial charge is 0.0693 e. The van der Waals surface area contributed by atoms with E-state index in [1.165, 1.54) is 18.5 Å². The molecular formula is C12H21N3O. The molecule has 1 fully saturated rings. The predicted octanol–water partition coefficient (Wildman–Crippen LogP) is 0.856. The Kier molecular flexibility index (Phi) is 3.96. The van der Waals surface area contributed by atoms with Gasteiger partial charge in [-0.1, -0.05) is 12.8 Å². The normalized spacial score (nSPS) is 25.9. The van der Waals surface area contributed by atoms with Crippen molar-refractivity contribution < 1.29 is 5.11 Å². The van der Waals surface area contributed by atoms with Crippen LogP contribution in [0.3, 0.4) is 0 Å². The van der Waals surface area contributed by atoms with Crippen LogP contribution in [0.4, 0.5) is 0 Å². The summed E-state index contributed by atoms with van der Waals surface area (Å²) in [5.41, 5.74) is 1.23. The maximum atomic E-state index is 9.80. The van der Waals surface area contributed by atoms with E-state index in [0.717, 1.165) is 25.8 Å². The predicted molar refractivity (Wildman–Crippen MR) is 63.2 cm³/mol. The van der Waals surface area contributed by atoms with E-state index in [1.54, 1.807) is 0 Å². The standard InChI is InChI=1S/C12H21N3O/c1-15-10(7-9-14-15)6-8-13-11-4-2-3-5-12(11)16/h7,9,11-13,16H,2-6,8H2,1H3/t11-,12-/m0/s1. The monoisotopic (exact) mass is 223 g/mol. The Labute approximate surface area is 96.7 Å². The molecule has 4 nitrogen and oxygen atoms in total. The van der Waals surface area contributed by atoms with E-state index in [4.69, 9.17) is 0 Å². The summed E-state index contributed by atoms with van der Waals surface area (Å²) >= 11 is 0. The molecule has 16 heavy (non-hydrogen) atoms. The van der Waals surface area contributed by atoms with E-state index in [9.17, 15) is 5.11 Å². The lowest BCUT2D eigenvalue weighted by molar-refractivity contribution is 0.0913.